The minimum Gasteiger partial charge on any atom is -0.494 e. The maximum absolute atomic E-state index is 12.7. The first-order valence-corrected chi connectivity index (χ1v) is 10.5. The van der Waals surface area contributed by atoms with Crippen LogP contribution in [0.3, 0.4) is 0 Å². The molecule has 2 rings (SSSR count). The van der Waals surface area contributed by atoms with Crippen molar-refractivity contribution in [2.24, 2.45) is 5.92 Å². The van der Waals surface area contributed by atoms with Crippen molar-refractivity contribution in [2.45, 2.75) is 31.3 Å². The molecule has 0 aliphatic rings. The Morgan fingerprint density at radius 3 is 2.34 bits per heavy atom. The number of rotatable bonds is 11. The summed E-state index contributed by atoms with van der Waals surface area (Å²) >= 11 is 1.72. The zero-order chi connectivity index (χ0) is 21.3. The van der Waals surface area contributed by atoms with Crippen molar-refractivity contribution in [2.75, 3.05) is 32.7 Å². The van der Waals surface area contributed by atoms with Crippen LogP contribution in [0.25, 0.3) is 0 Å². The van der Waals surface area contributed by atoms with Gasteiger partial charge in [-0.2, -0.15) is 13.2 Å². The summed E-state index contributed by atoms with van der Waals surface area (Å²) in [6, 6.07) is 10.9. The molecule has 7 heteroatoms. The van der Waals surface area contributed by atoms with Crippen LogP contribution in [0.4, 0.5) is 13.2 Å². The topological polar surface area (TPSA) is 27.7 Å². The van der Waals surface area contributed by atoms with E-state index in [4.69, 9.17) is 14.2 Å². The number of aryl methyl sites for hydroxylation is 1. The fourth-order valence-corrected chi connectivity index (χ4v) is 3.81. The summed E-state index contributed by atoms with van der Waals surface area (Å²) in [5.74, 6) is 2.34. The van der Waals surface area contributed by atoms with Crippen LogP contribution in [0.5, 0.6) is 11.5 Å². The molecule has 1 atom stereocenters. The summed E-state index contributed by atoms with van der Waals surface area (Å²) in [5.41, 5.74) is 0.411. The number of methoxy groups -OCH3 is 1. The Bertz CT molecular complexity index is 748. The Hall–Kier alpha value is -1.86. The zero-order valence-corrected chi connectivity index (χ0v) is 17.7. The molecule has 2 aromatic carbocycles. The summed E-state index contributed by atoms with van der Waals surface area (Å²) in [4.78, 5) is 1.14. The van der Waals surface area contributed by atoms with Gasteiger partial charge in [-0.1, -0.05) is 0 Å². The molecule has 3 nitrogen and oxygen atoms in total. The average molecular weight is 429 g/mol. The van der Waals surface area contributed by atoms with E-state index < -0.39 is 11.7 Å². The average Bonchev–Trinajstić information content (AvgIpc) is 2.69. The molecule has 0 aromatic heterocycles. The molecule has 0 bridgehead atoms. The van der Waals surface area contributed by atoms with Crippen molar-refractivity contribution < 1.29 is 27.4 Å². The minimum atomic E-state index is -4.34. The monoisotopic (exact) mass is 428 g/mol. The lowest BCUT2D eigenvalue weighted by Gasteiger charge is -2.18. The number of benzene rings is 2. The number of halogens is 3. The van der Waals surface area contributed by atoms with Crippen LogP contribution in [0, 0.1) is 12.8 Å². The van der Waals surface area contributed by atoms with Gasteiger partial charge in [-0.05, 0) is 68.3 Å². The van der Waals surface area contributed by atoms with Crippen molar-refractivity contribution in [1.29, 1.82) is 0 Å². The molecule has 1 unspecified atom stereocenters. The van der Waals surface area contributed by atoms with Gasteiger partial charge < -0.3 is 14.2 Å². The van der Waals surface area contributed by atoms with Gasteiger partial charge in [0.05, 0.1) is 18.8 Å². The number of alkyl halides is 3. The van der Waals surface area contributed by atoms with Crippen molar-refractivity contribution in [3.63, 3.8) is 0 Å². The molecule has 160 valence electrons. The van der Waals surface area contributed by atoms with E-state index in [0.29, 0.717) is 25.6 Å². The molecule has 0 aliphatic carbocycles. The Morgan fingerprint density at radius 2 is 1.76 bits per heavy atom. The van der Waals surface area contributed by atoms with Crippen molar-refractivity contribution >= 4 is 11.8 Å². The predicted octanol–water partition coefficient (Wildman–Crippen LogP) is 6.24. The summed E-state index contributed by atoms with van der Waals surface area (Å²) < 4.78 is 54.5. The fraction of sp³-hybridized carbons (Fsp3) is 0.455. The summed E-state index contributed by atoms with van der Waals surface area (Å²) in [6.45, 7) is 5.62. The van der Waals surface area contributed by atoms with E-state index in [0.717, 1.165) is 40.5 Å². The SMILES string of the molecule is CCOc1ccc(SCC(CCOC)COc2ccc(C(F)(F)F)cc2)cc1C. The largest absolute Gasteiger partial charge is 0.494 e. The number of hydrogen-bond donors (Lipinski definition) is 0. The van der Waals surface area contributed by atoms with E-state index in [9.17, 15) is 13.2 Å². The molecule has 0 fully saturated rings. The van der Waals surface area contributed by atoms with Gasteiger partial charge in [0.25, 0.3) is 0 Å². The third-order valence-corrected chi connectivity index (χ3v) is 5.55. The van der Waals surface area contributed by atoms with Crippen LogP contribution in [-0.4, -0.2) is 32.7 Å². The van der Waals surface area contributed by atoms with Gasteiger partial charge in [0, 0.05) is 30.3 Å². The lowest BCUT2D eigenvalue weighted by molar-refractivity contribution is -0.137. The Balaban J connectivity index is 1.92. The number of ether oxygens (including phenoxy) is 3. The molecule has 0 heterocycles. The van der Waals surface area contributed by atoms with Gasteiger partial charge in [0.15, 0.2) is 0 Å². The van der Waals surface area contributed by atoms with Gasteiger partial charge in [0.2, 0.25) is 0 Å². The summed E-state index contributed by atoms with van der Waals surface area (Å²) in [7, 11) is 1.65. The Labute approximate surface area is 174 Å². The van der Waals surface area contributed by atoms with Crippen molar-refractivity contribution in [1.82, 2.24) is 0 Å². The normalized spacial score (nSPS) is 12.6. The van der Waals surface area contributed by atoms with Crippen LogP contribution < -0.4 is 9.47 Å². The third-order valence-electron chi connectivity index (χ3n) is 4.33. The molecule has 29 heavy (non-hydrogen) atoms. The van der Waals surface area contributed by atoms with Crippen molar-refractivity contribution in [3.05, 3.63) is 53.6 Å². The van der Waals surface area contributed by atoms with E-state index >= 15 is 0 Å². The standard InChI is InChI=1S/C22H27F3O3S/c1-4-27-21-10-9-20(13-16(21)2)29-15-17(11-12-26-3)14-28-19-7-5-18(6-8-19)22(23,24)25/h5-10,13,17H,4,11-12,14-15H2,1-3H3. The smallest absolute Gasteiger partial charge is 0.416 e. The highest BCUT2D eigenvalue weighted by Gasteiger charge is 2.30. The lowest BCUT2D eigenvalue weighted by atomic mass is 10.1. The second-order valence-corrected chi connectivity index (χ2v) is 7.75. The highest BCUT2D eigenvalue weighted by atomic mass is 32.2. The molecular weight excluding hydrogens is 401 g/mol. The van der Waals surface area contributed by atoms with E-state index in [1.807, 2.05) is 26.0 Å². The number of hydrogen-bond acceptors (Lipinski definition) is 4. The first-order valence-electron chi connectivity index (χ1n) is 9.48. The Morgan fingerprint density at radius 1 is 1.03 bits per heavy atom. The van der Waals surface area contributed by atoms with Gasteiger partial charge in [-0.25, -0.2) is 0 Å². The second kappa shape index (κ2) is 11.4. The molecule has 0 saturated heterocycles. The van der Waals surface area contributed by atoms with Crippen molar-refractivity contribution in [3.8, 4) is 11.5 Å². The van der Waals surface area contributed by atoms with Gasteiger partial charge in [-0.3, -0.25) is 0 Å². The maximum atomic E-state index is 12.7. The minimum absolute atomic E-state index is 0.203. The van der Waals surface area contributed by atoms with E-state index in [2.05, 4.69) is 6.07 Å². The van der Waals surface area contributed by atoms with E-state index in [1.54, 1.807) is 18.9 Å². The van der Waals surface area contributed by atoms with Crippen LogP contribution in [0.1, 0.15) is 24.5 Å². The molecule has 0 aliphatic heterocycles. The molecule has 0 spiro atoms. The van der Waals surface area contributed by atoms with Crippen LogP contribution >= 0.6 is 11.8 Å². The lowest BCUT2D eigenvalue weighted by Crippen LogP contribution is -2.17. The first kappa shape index (κ1) is 23.4. The molecule has 0 radical (unpaired) electrons. The first-order chi connectivity index (χ1) is 13.8. The maximum Gasteiger partial charge on any atom is 0.416 e. The molecule has 0 saturated carbocycles. The summed E-state index contributed by atoms with van der Waals surface area (Å²) in [6.07, 6.45) is -3.54. The third kappa shape index (κ3) is 7.82. The highest BCUT2D eigenvalue weighted by Crippen LogP contribution is 2.31. The van der Waals surface area contributed by atoms with E-state index in [1.165, 1.54) is 12.1 Å². The fourth-order valence-electron chi connectivity index (χ4n) is 2.70. The van der Waals surface area contributed by atoms with Gasteiger partial charge in [0.1, 0.15) is 11.5 Å². The van der Waals surface area contributed by atoms with Gasteiger partial charge in [-0.15, -0.1) is 11.8 Å². The highest BCUT2D eigenvalue weighted by molar-refractivity contribution is 7.99. The molecule has 0 N–H and O–H groups in total. The number of thioether (sulfide) groups is 1. The Kier molecular flexibility index (Phi) is 9.17. The predicted molar refractivity (Wildman–Crippen MR) is 110 cm³/mol. The van der Waals surface area contributed by atoms with Gasteiger partial charge >= 0.3 is 6.18 Å². The van der Waals surface area contributed by atoms with Crippen LogP contribution in [-0.2, 0) is 10.9 Å². The van der Waals surface area contributed by atoms with Crippen LogP contribution in [0.15, 0.2) is 47.4 Å². The van der Waals surface area contributed by atoms with Crippen LogP contribution in [0.2, 0.25) is 0 Å². The zero-order valence-electron chi connectivity index (χ0n) is 16.9. The second-order valence-electron chi connectivity index (χ2n) is 6.65. The quantitative estimate of drug-likeness (QED) is 0.396. The van der Waals surface area contributed by atoms with E-state index in [-0.39, 0.29) is 5.92 Å². The molecular formula is C22H27F3O3S. The molecule has 2 aromatic rings. The molecule has 0 amide bonds. The summed E-state index contributed by atoms with van der Waals surface area (Å²) in [5, 5.41) is 0.